The predicted octanol–water partition coefficient (Wildman–Crippen LogP) is 1.56. The molecule has 2 unspecified atom stereocenters. The van der Waals surface area contributed by atoms with Gasteiger partial charge in [0.05, 0.1) is 12.7 Å². The quantitative estimate of drug-likeness (QED) is 0.601. The van der Waals surface area contributed by atoms with Crippen molar-refractivity contribution < 1.29 is 9.47 Å². The summed E-state index contributed by atoms with van der Waals surface area (Å²) in [5, 5.41) is 3.63. The van der Waals surface area contributed by atoms with E-state index in [9.17, 15) is 0 Å². The van der Waals surface area contributed by atoms with Gasteiger partial charge in [0.15, 0.2) is 5.96 Å². The van der Waals surface area contributed by atoms with Gasteiger partial charge >= 0.3 is 0 Å². The number of likely N-dealkylation sites (tertiary alicyclic amines) is 1. The fourth-order valence-electron chi connectivity index (χ4n) is 4.37. The standard InChI is InChI=1S/C19H36N4O2/c1-15(2)13-22-8-4-6-16(22)12-21-19(20-3)23-9-11-25-18(14-23)17-7-5-10-24-17/h15-18H,4-14H2,1-3H3,(H,20,21)/t16-,17?,18?/m1/s1. The molecule has 3 atom stereocenters. The highest BCUT2D eigenvalue weighted by molar-refractivity contribution is 5.80. The lowest BCUT2D eigenvalue weighted by molar-refractivity contribution is -0.0817. The number of aliphatic imine (C=N–C) groups is 1. The molecular formula is C19H36N4O2. The molecule has 0 amide bonds. The number of morpholine rings is 1. The van der Waals surface area contributed by atoms with Gasteiger partial charge < -0.3 is 19.7 Å². The first kappa shape index (κ1) is 18.9. The van der Waals surface area contributed by atoms with Crippen LogP contribution in [0.25, 0.3) is 0 Å². The van der Waals surface area contributed by atoms with Crippen LogP contribution in [0.3, 0.4) is 0 Å². The van der Waals surface area contributed by atoms with Crippen molar-refractivity contribution in [3.05, 3.63) is 0 Å². The number of hydrogen-bond donors (Lipinski definition) is 1. The second-order valence-electron chi connectivity index (χ2n) is 8.02. The molecule has 3 heterocycles. The molecule has 0 radical (unpaired) electrons. The summed E-state index contributed by atoms with van der Waals surface area (Å²) >= 11 is 0. The highest BCUT2D eigenvalue weighted by Crippen LogP contribution is 2.21. The van der Waals surface area contributed by atoms with Crippen LogP contribution in [0.4, 0.5) is 0 Å². The molecule has 0 aromatic rings. The van der Waals surface area contributed by atoms with Gasteiger partial charge in [-0.15, -0.1) is 0 Å². The van der Waals surface area contributed by atoms with Gasteiger partial charge in [0, 0.05) is 45.9 Å². The molecule has 144 valence electrons. The number of guanidine groups is 1. The Labute approximate surface area is 152 Å². The average Bonchev–Trinajstić information content (AvgIpc) is 3.27. The molecule has 3 saturated heterocycles. The van der Waals surface area contributed by atoms with Gasteiger partial charge in [-0.05, 0) is 38.1 Å². The first-order chi connectivity index (χ1) is 12.2. The third-order valence-electron chi connectivity index (χ3n) is 5.58. The lowest BCUT2D eigenvalue weighted by Crippen LogP contribution is -2.54. The molecule has 25 heavy (non-hydrogen) atoms. The minimum atomic E-state index is 0.179. The van der Waals surface area contributed by atoms with E-state index in [1.807, 2.05) is 7.05 Å². The molecule has 0 aromatic carbocycles. The minimum absolute atomic E-state index is 0.179. The van der Waals surface area contributed by atoms with Crippen molar-refractivity contribution in [3.63, 3.8) is 0 Å². The van der Waals surface area contributed by atoms with Crippen molar-refractivity contribution in [1.29, 1.82) is 0 Å². The topological polar surface area (TPSA) is 49.3 Å². The number of nitrogens with one attached hydrogen (secondary N) is 1. The van der Waals surface area contributed by atoms with Crippen molar-refractivity contribution in [2.24, 2.45) is 10.9 Å². The van der Waals surface area contributed by atoms with E-state index < -0.39 is 0 Å². The molecule has 0 aliphatic carbocycles. The molecule has 1 N–H and O–H groups in total. The molecule has 0 bridgehead atoms. The van der Waals surface area contributed by atoms with Crippen molar-refractivity contribution in [3.8, 4) is 0 Å². The summed E-state index contributed by atoms with van der Waals surface area (Å²) in [6.45, 7) is 11.5. The van der Waals surface area contributed by atoms with Crippen LogP contribution in [0, 0.1) is 5.92 Å². The highest BCUT2D eigenvalue weighted by Gasteiger charge is 2.32. The summed E-state index contributed by atoms with van der Waals surface area (Å²) in [6, 6.07) is 0.633. The SMILES string of the molecule is CN=C(NC[C@H]1CCCN1CC(C)C)N1CCOC(C2CCCO2)C1. The first-order valence-corrected chi connectivity index (χ1v) is 10.1. The Morgan fingerprint density at radius 3 is 2.68 bits per heavy atom. The van der Waals surface area contributed by atoms with Gasteiger partial charge in [-0.2, -0.15) is 0 Å². The first-order valence-electron chi connectivity index (χ1n) is 10.1. The second-order valence-corrected chi connectivity index (χ2v) is 8.02. The van der Waals surface area contributed by atoms with Crippen LogP contribution >= 0.6 is 0 Å². The van der Waals surface area contributed by atoms with E-state index in [-0.39, 0.29) is 12.2 Å². The van der Waals surface area contributed by atoms with E-state index in [4.69, 9.17) is 9.47 Å². The van der Waals surface area contributed by atoms with Crippen molar-refractivity contribution in [2.75, 3.05) is 53.0 Å². The van der Waals surface area contributed by atoms with E-state index in [0.717, 1.165) is 57.6 Å². The van der Waals surface area contributed by atoms with Crippen molar-refractivity contribution in [2.45, 2.75) is 57.8 Å². The molecule has 0 aromatic heterocycles. The molecule has 6 nitrogen and oxygen atoms in total. The summed E-state index contributed by atoms with van der Waals surface area (Å²) < 4.78 is 11.8. The smallest absolute Gasteiger partial charge is 0.193 e. The average molecular weight is 353 g/mol. The third kappa shape index (κ3) is 5.08. The largest absolute Gasteiger partial charge is 0.375 e. The van der Waals surface area contributed by atoms with Crippen LogP contribution in [0.15, 0.2) is 4.99 Å². The Bertz CT molecular complexity index is 437. The van der Waals surface area contributed by atoms with Crippen LogP contribution < -0.4 is 5.32 Å². The van der Waals surface area contributed by atoms with Crippen LogP contribution in [0.5, 0.6) is 0 Å². The normalized spacial score (nSPS) is 31.9. The number of nitrogens with zero attached hydrogens (tertiary/aromatic N) is 3. The second kappa shape index (κ2) is 9.19. The minimum Gasteiger partial charge on any atom is -0.375 e. The van der Waals surface area contributed by atoms with Gasteiger partial charge in [-0.3, -0.25) is 9.89 Å². The summed E-state index contributed by atoms with van der Waals surface area (Å²) in [5.74, 6) is 1.74. The number of ether oxygens (including phenoxy) is 2. The Morgan fingerprint density at radius 1 is 1.12 bits per heavy atom. The fraction of sp³-hybridized carbons (Fsp3) is 0.947. The predicted molar refractivity (Wildman–Crippen MR) is 101 cm³/mol. The molecule has 0 spiro atoms. The maximum absolute atomic E-state index is 5.97. The van der Waals surface area contributed by atoms with Crippen LogP contribution in [-0.2, 0) is 9.47 Å². The van der Waals surface area contributed by atoms with Crippen LogP contribution in [0.2, 0.25) is 0 Å². The Kier molecular flexibility index (Phi) is 6.96. The number of hydrogen-bond acceptors (Lipinski definition) is 4. The summed E-state index contributed by atoms with van der Waals surface area (Å²) in [4.78, 5) is 9.52. The van der Waals surface area contributed by atoms with Crippen LogP contribution in [-0.4, -0.2) is 87.0 Å². The molecular weight excluding hydrogens is 316 g/mol. The van der Waals surface area contributed by atoms with Gasteiger partial charge in [-0.25, -0.2) is 0 Å². The molecule has 3 aliphatic rings. The van der Waals surface area contributed by atoms with Crippen molar-refractivity contribution in [1.82, 2.24) is 15.1 Å². The highest BCUT2D eigenvalue weighted by atomic mass is 16.5. The van der Waals surface area contributed by atoms with Gasteiger partial charge in [0.2, 0.25) is 0 Å². The maximum Gasteiger partial charge on any atom is 0.193 e. The van der Waals surface area contributed by atoms with Crippen LogP contribution in [0.1, 0.15) is 39.5 Å². The fourth-order valence-corrected chi connectivity index (χ4v) is 4.37. The molecule has 3 aliphatic heterocycles. The Hall–Kier alpha value is -0.850. The zero-order chi connectivity index (χ0) is 17.6. The third-order valence-corrected chi connectivity index (χ3v) is 5.58. The van der Waals surface area contributed by atoms with E-state index >= 15 is 0 Å². The zero-order valence-electron chi connectivity index (χ0n) is 16.2. The molecule has 0 saturated carbocycles. The lowest BCUT2D eigenvalue weighted by Gasteiger charge is -2.37. The monoisotopic (exact) mass is 352 g/mol. The maximum atomic E-state index is 5.97. The van der Waals surface area contributed by atoms with E-state index in [1.165, 1.54) is 25.9 Å². The van der Waals surface area contributed by atoms with E-state index in [1.54, 1.807) is 0 Å². The molecule has 3 fully saturated rings. The van der Waals surface area contributed by atoms with Crippen molar-refractivity contribution >= 4 is 5.96 Å². The van der Waals surface area contributed by atoms with Gasteiger partial charge in [-0.1, -0.05) is 13.8 Å². The summed E-state index contributed by atoms with van der Waals surface area (Å²) in [7, 11) is 1.89. The van der Waals surface area contributed by atoms with Gasteiger partial charge in [0.1, 0.15) is 6.10 Å². The molecule has 3 rings (SSSR count). The lowest BCUT2D eigenvalue weighted by atomic mass is 10.1. The zero-order valence-corrected chi connectivity index (χ0v) is 16.2. The molecule has 6 heteroatoms. The number of rotatable bonds is 5. The van der Waals surface area contributed by atoms with E-state index in [0.29, 0.717) is 6.04 Å². The van der Waals surface area contributed by atoms with E-state index in [2.05, 4.69) is 34.0 Å². The Morgan fingerprint density at radius 2 is 1.96 bits per heavy atom. The Balaban J connectivity index is 1.50. The summed E-state index contributed by atoms with van der Waals surface area (Å²) in [5.41, 5.74) is 0. The van der Waals surface area contributed by atoms with Gasteiger partial charge in [0.25, 0.3) is 0 Å². The summed E-state index contributed by atoms with van der Waals surface area (Å²) in [6.07, 6.45) is 5.33.